The molecule has 1 N–H and O–H groups in total. The molecule has 0 saturated heterocycles. The monoisotopic (exact) mass is 625 g/mol. The second kappa shape index (κ2) is 14.8. The molecule has 0 radical (unpaired) electrons. The molecule has 1 aliphatic carbocycles. The number of carbonyl (C=O) groups excluding carboxylic acids is 2. The molecule has 3 aromatic carbocycles. The molecule has 3 aromatic rings. The lowest BCUT2D eigenvalue weighted by atomic mass is 9.95. The molecule has 0 aliphatic heterocycles. The number of sulfonamides is 1. The number of methoxy groups -OCH3 is 1. The Bertz CT molecular complexity index is 1490. The zero-order valence-electron chi connectivity index (χ0n) is 25.0. The van der Waals surface area contributed by atoms with Crippen LogP contribution in [0.2, 0.25) is 5.02 Å². The third kappa shape index (κ3) is 8.09. The maximum Gasteiger partial charge on any atom is 0.264 e. The lowest BCUT2D eigenvalue weighted by molar-refractivity contribution is -0.140. The number of nitrogens with zero attached hydrogens (tertiary/aromatic N) is 2. The van der Waals surface area contributed by atoms with Gasteiger partial charge in [-0.05, 0) is 73.7 Å². The minimum absolute atomic E-state index is 0.0395. The Balaban J connectivity index is 1.74. The molecule has 1 aliphatic rings. The minimum atomic E-state index is -4.20. The van der Waals surface area contributed by atoms with Crippen LogP contribution < -0.4 is 14.4 Å². The number of halogens is 1. The molecule has 0 bridgehead atoms. The van der Waals surface area contributed by atoms with Gasteiger partial charge in [-0.1, -0.05) is 74.2 Å². The standard InChI is InChI=1S/C33H40ClN3O5S/c1-4-29(33(39)35-27-11-7-5-8-12-27)36(22-25-16-18-26(34)19-17-25)32(38)23-37(30-21-24(2)15-20-31(30)42-3)43(40,41)28-13-9-6-10-14-28/h6,9-10,13-21,27,29H,4-5,7-8,11-12,22-23H2,1-3H3,(H,35,39)/t29-/m0/s1. The van der Waals surface area contributed by atoms with Gasteiger partial charge >= 0.3 is 0 Å². The van der Waals surface area contributed by atoms with Crippen molar-refractivity contribution in [2.45, 2.75) is 75.9 Å². The Kier molecular flexibility index (Phi) is 11.1. The molecule has 0 aromatic heterocycles. The fraction of sp³-hybridized carbons (Fsp3) is 0.394. The van der Waals surface area contributed by atoms with E-state index in [2.05, 4.69) is 5.32 Å². The summed E-state index contributed by atoms with van der Waals surface area (Å²) >= 11 is 6.12. The molecule has 1 saturated carbocycles. The van der Waals surface area contributed by atoms with E-state index in [4.69, 9.17) is 16.3 Å². The third-order valence-electron chi connectivity index (χ3n) is 7.82. The summed E-state index contributed by atoms with van der Waals surface area (Å²) in [5, 5.41) is 3.71. The highest BCUT2D eigenvalue weighted by atomic mass is 35.5. The Morgan fingerprint density at radius 1 is 1.00 bits per heavy atom. The lowest BCUT2D eigenvalue weighted by Crippen LogP contribution is -2.54. The van der Waals surface area contributed by atoms with Crippen LogP contribution in [-0.4, -0.2) is 50.9 Å². The van der Waals surface area contributed by atoms with Crippen LogP contribution in [0.4, 0.5) is 5.69 Å². The number of hydrogen-bond acceptors (Lipinski definition) is 5. The number of carbonyl (C=O) groups is 2. The van der Waals surface area contributed by atoms with Crippen molar-refractivity contribution in [3.63, 3.8) is 0 Å². The summed E-state index contributed by atoms with van der Waals surface area (Å²) in [4.78, 5) is 29.5. The summed E-state index contributed by atoms with van der Waals surface area (Å²) in [7, 11) is -2.74. The molecule has 8 nitrogen and oxygen atoms in total. The molecule has 230 valence electrons. The van der Waals surface area contributed by atoms with Crippen molar-refractivity contribution in [1.82, 2.24) is 10.2 Å². The normalized spacial score (nSPS) is 14.5. The molecule has 10 heteroatoms. The van der Waals surface area contributed by atoms with Gasteiger partial charge in [0.05, 0.1) is 17.7 Å². The fourth-order valence-electron chi connectivity index (χ4n) is 5.48. The van der Waals surface area contributed by atoms with E-state index in [1.807, 2.05) is 19.9 Å². The van der Waals surface area contributed by atoms with Gasteiger partial charge < -0.3 is 15.0 Å². The van der Waals surface area contributed by atoms with Crippen LogP contribution in [0.25, 0.3) is 0 Å². The Labute approximate surface area is 260 Å². The van der Waals surface area contributed by atoms with Gasteiger partial charge in [0.1, 0.15) is 18.3 Å². The average Bonchev–Trinajstić information content (AvgIpc) is 3.01. The zero-order valence-corrected chi connectivity index (χ0v) is 26.5. The fourth-order valence-corrected chi connectivity index (χ4v) is 7.04. The number of anilines is 1. The van der Waals surface area contributed by atoms with Crippen LogP contribution in [0.15, 0.2) is 77.7 Å². The van der Waals surface area contributed by atoms with Crippen molar-refractivity contribution in [1.29, 1.82) is 0 Å². The molecule has 2 amide bonds. The van der Waals surface area contributed by atoms with E-state index in [9.17, 15) is 18.0 Å². The quantitative estimate of drug-likeness (QED) is 0.262. The molecule has 0 spiro atoms. The highest BCUT2D eigenvalue weighted by molar-refractivity contribution is 7.92. The van der Waals surface area contributed by atoms with E-state index in [0.29, 0.717) is 17.2 Å². The summed E-state index contributed by atoms with van der Waals surface area (Å²) in [5.41, 5.74) is 1.81. The maximum absolute atomic E-state index is 14.3. The van der Waals surface area contributed by atoms with E-state index < -0.39 is 28.5 Å². The highest BCUT2D eigenvalue weighted by Gasteiger charge is 2.35. The number of aryl methyl sites for hydroxylation is 1. The summed E-state index contributed by atoms with van der Waals surface area (Å²) in [6.45, 7) is 3.28. The van der Waals surface area contributed by atoms with Crippen LogP contribution in [0.3, 0.4) is 0 Å². The van der Waals surface area contributed by atoms with Gasteiger partial charge in [0.15, 0.2) is 0 Å². The first-order valence-electron chi connectivity index (χ1n) is 14.7. The van der Waals surface area contributed by atoms with Crippen LogP contribution in [0, 0.1) is 6.92 Å². The Hall–Kier alpha value is -3.56. The van der Waals surface area contributed by atoms with Crippen LogP contribution in [0.1, 0.15) is 56.6 Å². The third-order valence-corrected chi connectivity index (χ3v) is 9.84. The maximum atomic E-state index is 14.3. The van der Waals surface area contributed by atoms with Crippen LogP contribution in [-0.2, 0) is 26.2 Å². The molecule has 1 fully saturated rings. The summed E-state index contributed by atoms with van der Waals surface area (Å²) in [5.74, 6) is -0.435. The van der Waals surface area contributed by atoms with E-state index in [-0.39, 0.29) is 29.1 Å². The van der Waals surface area contributed by atoms with Crippen molar-refractivity contribution in [2.24, 2.45) is 0 Å². The molecular weight excluding hydrogens is 586 g/mol. The molecule has 1 atom stereocenters. The number of nitrogens with one attached hydrogen (secondary N) is 1. The summed E-state index contributed by atoms with van der Waals surface area (Å²) in [6.07, 6.45) is 5.43. The molecular formula is C33H40ClN3O5S. The number of hydrogen-bond donors (Lipinski definition) is 1. The molecule has 43 heavy (non-hydrogen) atoms. The van der Waals surface area contributed by atoms with Crippen molar-refractivity contribution >= 4 is 39.1 Å². The first kappa shape index (κ1) is 32.4. The number of ether oxygens (including phenoxy) is 1. The predicted octanol–water partition coefficient (Wildman–Crippen LogP) is 6.11. The molecule has 4 rings (SSSR count). The van der Waals surface area contributed by atoms with Crippen molar-refractivity contribution in [2.75, 3.05) is 18.0 Å². The van der Waals surface area contributed by atoms with Crippen LogP contribution >= 0.6 is 11.6 Å². The molecule has 0 unspecified atom stereocenters. The van der Waals surface area contributed by atoms with E-state index in [1.54, 1.807) is 54.6 Å². The van der Waals surface area contributed by atoms with Crippen molar-refractivity contribution in [3.05, 3.63) is 88.9 Å². The first-order valence-corrected chi connectivity index (χ1v) is 16.5. The van der Waals surface area contributed by atoms with Gasteiger partial charge in [0.2, 0.25) is 11.8 Å². The number of benzene rings is 3. The van der Waals surface area contributed by atoms with Gasteiger partial charge in [0, 0.05) is 17.6 Å². The topological polar surface area (TPSA) is 96.0 Å². The predicted molar refractivity (Wildman–Crippen MR) is 170 cm³/mol. The van der Waals surface area contributed by atoms with Gasteiger partial charge in [-0.3, -0.25) is 13.9 Å². The van der Waals surface area contributed by atoms with E-state index in [1.165, 1.54) is 24.1 Å². The Morgan fingerprint density at radius 3 is 2.30 bits per heavy atom. The minimum Gasteiger partial charge on any atom is -0.495 e. The first-order chi connectivity index (χ1) is 20.6. The van der Waals surface area contributed by atoms with Crippen LogP contribution in [0.5, 0.6) is 5.75 Å². The van der Waals surface area contributed by atoms with E-state index >= 15 is 0 Å². The van der Waals surface area contributed by atoms with Crippen molar-refractivity contribution < 1.29 is 22.7 Å². The average molecular weight is 626 g/mol. The molecule has 0 heterocycles. The SMILES string of the molecule is CC[C@@H](C(=O)NC1CCCCC1)N(Cc1ccc(Cl)cc1)C(=O)CN(c1cc(C)ccc1OC)S(=O)(=O)c1ccccc1. The summed E-state index contributed by atoms with van der Waals surface area (Å²) < 4.78 is 34.8. The van der Waals surface area contributed by atoms with Crippen molar-refractivity contribution in [3.8, 4) is 5.75 Å². The largest absolute Gasteiger partial charge is 0.495 e. The lowest BCUT2D eigenvalue weighted by Gasteiger charge is -2.34. The smallest absolute Gasteiger partial charge is 0.264 e. The van der Waals surface area contributed by atoms with Gasteiger partial charge in [-0.2, -0.15) is 0 Å². The second-order valence-corrected chi connectivity index (χ2v) is 13.2. The number of amides is 2. The second-order valence-electron chi connectivity index (χ2n) is 10.9. The summed E-state index contributed by atoms with van der Waals surface area (Å²) in [6, 6.07) is 19.5. The zero-order chi connectivity index (χ0) is 31.0. The highest BCUT2D eigenvalue weighted by Crippen LogP contribution is 2.34. The van der Waals surface area contributed by atoms with E-state index in [0.717, 1.165) is 47.5 Å². The Morgan fingerprint density at radius 2 is 1.67 bits per heavy atom. The number of rotatable bonds is 12. The van der Waals surface area contributed by atoms with Gasteiger partial charge in [-0.25, -0.2) is 8.42 Å². The van der Waals surface area contributed by atoms with Gasteiger partial charge in [-0.15, -0.1) is 0 Å². The van der Waals surface area contributed by atoms with Gasteiger partial charge in [0.25, 0.3) is 10.0 Å².